The normalized spacial score (nSPS) is 22.5. The van der Waals surface area contributed by atoms with Gasteiger partial charge in [-0.15, -0.1) is 0 Å². The van der Waals surface area contributed by atoms with E-state index >= 15 is 0 Å². The molecule has 1 heterocycles. The highest BCUT2D eigenvalue weighted by Crippen LogP contribution is 2.28. The van der Waals surface area contributed by atoms with Gasteiger partial charge >= 0.3 is 5.97 Å². The topological polar surface area (TPSA) is 47.6 Å². The van der Waals surface area contributed by atoms with Crippen LogP contribution in [0.15, 0.2) is 24.3 Å². The van der Waals surface area contributed by atoms with Gasteiger partial charge in [0.15, 0.2) is 0 Å². The van der Waals surface area contributed by atoms with Gasteiger partial charge in [0.1, 0.15) is 17.9 Å². The lowest BCUT2D eigenvalue weighted by molar-refractivity contribution is -0.142. The summed E-state index contributed by atoms with van der Waals surface area (Å²) in [4.78, 5) is 11.4. The Hall–Kier alpha value is -1.55. The molecule has 2 atom stereocenters. The highest BCUT2D eigenvalue weighted by atomic mass is 16.5. The van der Waals surface area contributed by atoms with Crippen LogP contribution < -0.4 is 10.1 Å². The van der Waals surface area contributed by atoms with Gasteiger partial charge in [0.25, 0.3) is 0 Å². The average Bonchev–Trinajstić information content (AvgIpc) is 2.86. The lowest BCUT2D eigenvalue weighted by Gasteiger charge is -2.17. The second kappa shape index (κ2) is 6.06. The summed E-state index contributed by atoms with van der Waals surface area (Å²) < 4.78 is 10.8. The van der Waals surface area contributed by atoms with Crippen LogP contribution in [0.3, 0.4) is 0 Å². The highest BCUT2D eigenvalue weighted by molar-refractivity contribution is 5.76. The molecule has 0 saturated carbocycles. The number of para-hydroxylation sites is 1. The fraction of sp³-hybridized carbons (Fsp3) is 0.533. The summed E-state index contributed by atoms with van der Waals surface area (Å²) in [5.41, 5.74) is 1.20. The van der Waals surface area contributed by atoms with Crippen LogP contribution in [-0.4, -0.2) is 31.8 Å². The fourth-order valence-corrected chi connectivity index (χ4v) is 2.36. The lowest BCUT2D eigenvalue weighted by Crippen LogP contribution is -2.31. The highest BCUT2D eigenvalue weighted by Gasteiger charge is 2.31. The van der Waals surface area contributed by atoms with Gasteiger partial charge in [0, 0.05) is 13.0 Å². The number of esters is 1. The van der Waals surface area contributed by atoms with E-state index in [1.165, 1.54) is 12.7 Å². The van der Waals surface area contributed by atoms with E-state index in [1.807, 2.05) is 18.2 Å². The molecule has 1 saturated heterocycles. The molecule has 1 aliphatic rings. The molecule has 19 heavy (non-hydrogen) atoms. The summed E-state index contributed by atoms with van der Waals surface area (Å²) in [6, 6.07) is 7.82. The zero-order chi connectivity index (χ0) is 13.8. The van der Waals surface area contributed by atoms with E-state index in [0.717, 1.165) is 5.75 Å². The van der Waals surface area contributed by atoms with Crippen molar-refractivity contribution in [3.63, 3.8) is 0 Å². The van der Waals surface area contributed by atoms with E-state index in [0.29, 0.717) is 18.9 Å². The van der Waals surface area contributed by atoms with Crippen molar-refractivity contribution in [2.45, 2.75) is 38.3 Å². The van der Waals surface area contributed by atoms with Crippen LogP contribution in [0.4, 0.5) is 0 Å². The molecule has 0 amide bonds. The first-order valence-corrected chi connectivity index (χ1v) is 6.68. The van der Waals surface area contributed by atoms with E-state index in [-0.39, 0.29) is 18.1 Å². The molecule has 1 fully saturated rings. The van der Waals surface area contributed by atoms with E-state index in [4.69, 9.17) is 9.47 Å². The molecule has 0 aromatic heterocycles. The monoisotopic (exact) mass is 263 g/mol. The molecule has 0 aliphatic carbocycles. The first-order chi connectivity index (χ1) is 9.11. The van der Waals surface area contributed by atoms with Gasteiger partial charge in [-0.05, 0) is 17.5 Å². The molecule has 1 aromatic carbocycles. The van der Waals surface area contributed by atoms with Gasteiger partial charge in [0.05, 0.1) is 7.11 Å². The van der Waals surface area contributed by atoms with Crippen LogP contribution in [-0.2, 0) is 9.53 Å². The zero-order valence-corrected chi connectivity index (χ0v) is 11.7. The predicted octanol–water partition coefficient (Wildman–Crippen LogP) is 2.09. The SMILES string of the molecule is COC(=O)[C@@H]1CC(Oc2ccccc2C(C)C)CN1. The molecule has 1 unspecified atom stereocenters. The molecule has 0 radical (unpaired) electrons. The molecular weight excluding hydrogens is 242 g/mol. The zero-order valence-electron chi connectivity index (χ0n) is 11.7. The van der Waals surface area contributed by atoms with E-state index in [2.05, 4.69) is 25.2 Å². The maximum Gasteiger partial charge on any atom is 0.323 e. The van der Waals surface area contributed by atoms with E-state index in [1.54, 1.807) is 0 Å². The Morgan fingerprint density at radius 1 is 1.37 bits per heavy atom. The van der Waals surface area contributed by atoms with Crippen molar-refractivity contribution in [3.05, 3.63) is 29.8 Å². The van der Waals surface area contributed by atoms with Gasteiger partial charge in [0.2, 0.25) is 0 Å². The Balaban J connectivity index is 2.01. The quantitative estimate of drug-likeness (QED) is 0.845. The predicted molar refractivity (Wildman–Crippen MR) is 73.4 cm³/mol. The molecule has 0 bridgehead atoms. The minimum atomic E-state index is -0.249. The third-order valence-corrected chi connectivity index (χ3v) is 3.41. The van der Waals surface area contributed by atoms with Crippen LogP contribution in [0.5, 0.6) is 5.75 Å². The Labute approximate surface area is 114 Å². The molecule has 2 rings (SSSR count). The van der Waals surface area contributed by atoms with Gasteiger partial charge in [-0.25, -0.2) is 0 Å². The van der Waals surface area contributed by atoms with Crippen LogP contribution in [0.2, 0.25) is 0 Å². The number of nitrogens with one attached hydrogen (secondary N) is 1. The average molecular weight is 263 g/mol. The summed E-state index contributed by atoms with van der Waals surface area (Å²) in [5, 5.41) is 3.13. The van der Waals surface area contributed by atoms with Crippen molar-refractivity contribution in [1.82, 2.24) is 5.32 Å². The number of methoxy groups -OCH3 is 1. The number of carbonyl (C=O) groups is 1. The molecule has 4 heteroatoms. The van der Waals surface area contributed by atoms with Crippen LogP contribution in [0, 0.1) is 0 Å². The Morgan fingerprint density at radius 3 is 2.79 bits per heavy atom. The second-order valence-electron chi connectivity index (χ2n) is 5.15. The van der Waals surface area contributed by atoms with E-state index < -0.39 is 0 Å². The summed E-state index contributed by atoms with van der Waals surface area (Å²) in [7, 11) is 1.41. The summed E-state index contributed by atoms with van der Waals surface area (Å²) in [6.45, 7) is 4.96. The number of carbonyl (C=O) groups excluding carboxylic acids is 1. The summed E-state index contributed by atoms with van der Waals surface area (Å²) in [6.07, 6.45) is 0.669. The Kier molecular flexibility index (Phi) is 4.43. The van der Waals surface area contributed by atoms with Crippen molar-refractivity contribution >= 4 is 5.97 Å². The standard InChI is InChI=1S/C15H21NO3/c1-10(2)12-6-4-5-7-14(12)19-11-8-13(16-9-11)15(17)18-3/h4-7,10-11,13,16H,8-9H2,1-3H3/t11?,13-/m0/s1. The summed E-state index contributed by atoms with van der Waals surface area (Å²) >= 11 is 0. The Bertz CT molecular complexity index is 445. The van der Waals surface area contributed by atoms with Crippen LogP contribution in [0.25, 0.3) is 0 Å². The fourth-order valence-electron chi connectivity index (χ4n) is 2.36. The molecule has 0 spiro atoms. The lowest BCUT2D eigenvalue weighted by atomic mass is 10.0. The van der Waals surface area contributed by atoms with Gasteiger partial charge in [-0.1, -0.05) is 32.0 Å². The van der Waals surface area contributed by atoms with Crippen molar-refractivity contribution < 1.29 is 14.3 Å². The number of ether oxygens (including phenoxy) is 2. The third-order valence-electron chi connectivity index (χ3n) is 3.41. The van der Waals surface area contributed by atoms with Crippen molar-refractivity contribution in [2.24, 2.45) is 0 Å². The number of rotatable bonds is 4. The molecule has 1 aromatic rings. The number of hydrogen-bond acceptors (Lipinski definition) is 4. The van der Waals surface area contributed by atoms with Crippen molar-refractivity contribution in [2.75, 3.05) is 13.7 Å². The maximum absolute atomic E-state index is 11.4. The van der Waals surface area contributed by atoms with Crippen molar-refractivity contribution in [3.8, 4) is 5.75 Å². The van der Waals surface area contributed by atoms with Crippen LogP contribution in [0.1, 0.15) is 31.7 Å². The number of hydrogen-bond donors (Lipinski definition) is 1. The first-order valence-electron chi connectivity index (χ1n) is 6.68. The summed E-state index contributed by atoms with van der Waals surface area (Å²) in [5.74, 6) is 1.11. The minimum Gasteiger partial charge on any atom is -0.489 e. The Morgan fingerprint density at radius 2 is 2.11 bits per heavy atom. The first kappa shape index (κ1) is 13.9. The minimum absolute atomic E-state index is 0.0176. The molecule has 104 valence electrons. The van der Waals surface area contributed by atoms with Gasteiger partial charge in [-0.2, -0.15) is 0 Å². The maximum atomic E-state index is 11.4. The van der Waals surface area contributed by atoms with Gasteiger partial charge < -0.3 is 14.8 Å². The second-order valence-corrected chi connectivity index (χ2v) is 5.15. The third kappa shape index (κ3) is 3.26. The van der Waals surface area contributed by atoms with E-state index in [9.17, 15) is 4.79 Å². The number of benzene rings is 1. The van der Waals surface area contributed by atoms with Crippen molar-refractivity contribution in [1.29, 1.82) is 0 Å². The molecule has 4 nitrogen and oxygen atoms in total. The van der Waals surface area contributed by atoms with Gasteiger partial charge in [-0.3, -0.25) is 4.79 Å². The largest absolute Gasteiger partial charge is 0.489 e. The molecular formula is C15H21NO3. The molecule has 1 aliphatic heterocycles. The van der Waals surface area contributed by atoms with Crippen LogP contribution >= 0.6 is 0 Å². The smallest absolute Gasteiger partial charge is 0.323 e. The molecule has 1 N–H and O–H groups in total.